The third-order valence-electron chi connectivity index (χ3n) is 1.40. The zero-order valence-corrected chi connectivity index (χ0v) is 7.76. The van der Waals surface area contributed by atoms with Crippen molar-refractivity contribution in [3.63, 3.8) is 0 Å². The van der Waals surface area contributed by atoms with Gasteiger partial charge in [0.15, 0.2) is 0 Å². The van der Waals surface area contributed by atoms with Gasteiger partial charge in [-0.2, -0.15) is 0 Å². The number of nitrogens with zero attached hydrogens (tertiary/aromatic N) is 1. The van der Waals surface area contributed by atoms with Crippen molar-refractivity contribution in [3.8, 4) is 0 Å². The van der Waals surface area contributed by atoms with Crippen LogP contribution in [0.2, 0.25) is 5.15 Å². The second-order valence-corrected chi connectivity index (χ2v) is 2.60. The number of pyridine rings is 1. The smallest absolute Gasteiger partial charge is 0.338 e. The number of rotatable bonds is 2. The molecular formula is C9H10ClNO2. The van der Waals surface area contributed by atoms with E-state index in [1.165, 1.54) is 12.3 Å². The first kappa shape index (κ1) is 6.38. The lowest BCUT2D eigenvalue weighted by Gasteiger charge is -2.05. The van der Waals surface area contributed by atoms with Crippen LogP contribution in [0.3, 0.4) is 0 Å². The van der Waals surface area contributed by atoms with Crippen molar-refractivity contribution >= 4 is 17.6 Å². The molecule has 0 atom stereocenters. The van der Waals surface area contributed by atoms with E-state index in [1.807, 2.05) is 0 Å². The van der Waals surface area contributed by atoms with Crippen LogP contribution in [-0.4, -0.2) is 17.6 Å². The highest BCUT2D eigenvalue weighted by Crippen LogP contribution is 2.16. The predicted octanol–water partition coefficient (Wildman–Crippen LogP) is 2.22. The van der Waals surface area contributed by atoms with Crippen LogP contribution < -0.4 is 0 Å². The Morgan fingerprint density at radius 3 is 3.23 bits per heavy atom. The molecule has 0 aliphatic rings. The zero-order chi connectivity index (χ0) is 12.3. The summed E-state index contributed by atoms with van der Waals surface area (Å²) < 4.78 is 26.6. The van der Waals surface area contributed by atoms with E-state index in [1.54, 1.807) is 6.92 Å². The van der Waals surface area contributed by atoms with Gasteiger partial charge >= 0.3 is 5.97 Å². The van der Waals surface area contributed by atoms with E-state index in [4.69, 9.17) is 20.5 Å². The molecule has 1 rings (SSSR count). The van der Waals surface area contributed by atoms with Crippen molar-refractivity contribution in [2.75, 3.05) is 6.61 Å². The van der Waals surface area contributed by atoms with Gasteiger partial charge in [0.1, 0.15) is 5.15 Å². The van der Waals surface area contributed by atoms with Crippen LogP contribution >= 0.6 is 11.6 Å². The third kappa shape index (κ3) is 2.18. The van der Waals surface area contributed by atoms with Crippen molar-refractivity contribution in [2.45, 2.75) is 13.8 Å². The Bertz CT molecular complexity index is 406. The Morgan fingerprint density at radius 2 is 2.62 bits per heavy atom. The van der Waals surface area contributed by atoms with Gasteiger partial charge in [-0.05, 0) is 19.8 Å². The van der Waals surface area contributed by atoms with E-state index in [0.717, 1.165) is 0 Å². The summed E-state index contributed by atoms with van der Waals surface area (Å²) in [6.07, 6.45) is 1.27. The van der Waals surface area contributed by atoms with Gasteiger partial charge in [0.25, 0.3) is 0 Å². The summed E-state index contributed by atoms with van der Waals surface area (Å²) >= 11 is 5.68. The van der Waals surface area contributed by atoms with Crippen LogP contribution in [0.1, 0.15) is 27.0 Å². The first-order valence-electron chi connectivity index (χ1n) is 5.20. The van der Waals surface area contributed by atoms with Gasteiger partial charge < -0.3 is 4.74 Å². The van der Waals surface area contributed by atoms with Crippen LogP contribution in [0.4, 0.5) is 0 Å². The van der Waals surface area contributed by atoms with Gasteiger partial charge in [-0.1, -0.05) is 11.6 Å². The van der Waals surface area contributed by atoms with Crippen LogP contribution in [0.25, 0.3) is 0 Å². The summed E-state index contributed by atoms with van der Waals surface area (Å²) in [7, 11) is 0. The van der Waals surface area contributed by atoms with Gasteiger partial charge in [-0.25, -0.2) is 9.78 Å². The highest BCUT2D eigenvalue weighted by molar-refractivity contribution is 6.30. The lowest BCUT2D eigenvalue weighted by atomic mass is 10.2. The standard InChI is InChI=1S/C9H10ClNO2/c1-3-13-9(12)7-4-5-11-8(10)6(7)2/h4-5H,3H2,1-2H3/i2D3. The largest absolute Gasteiger partial charge is 0.462 e. The highest BCUT2D eigenvalue weighted by Gasteiger charge is 2.11. The Labute approximate surface area is 85.9 Å². The van der Waals surface area contributed by atoms with Crippen LogP contribution in [0.5, 0.6) is 0 Å². The lowest BCUT2D eigenvalue weighted by Crippen LogP contribution is -2.07. The summed E-state index contributed by atoms with van der Waals surface area (Å²) in [5.74, 6) is -0.710. The molecule has 0 bridgehead atoms. The van der Waals surface area contributed by atoms with Gasteiger partial charge in [-0.3, -0.25) is 0 Å². The number of hydrogen-bond donors (Lipinski definition) is 0. The number of esters is 1. The molecule has 0 aromatic carbocycles. The summed E-state index contributed by atoms with van der Waals surface area (Å²) in [6, 6.07) is 1.28. The topological polar surface area (TPSA) is 39.2 Å². The van der Waals surface area contributed by atoms with Crippen molar-refractivity contribution in [1.29, 1.82) is 0 Å². The molecule has 1 aromatic heterocycles. The molecule has 0 amide bonds. The summed E-state index contributed by atoms with van der Waals surface area (Å²) in [5.41, 5.74) is -0.336. The number of ether oxygens (including phenoxy) is 1. The van der Waals surface area contributed by atoms with Crippen molar-refractivity contribution in [1.82, 2.24) is 4.98 Å². The minimum Gasteiger partial charge on any atom is -0.462 e. The Morgan fingerprint density at radius 1 is 1.85 bits per heavy atom. The first-order chi connectivity index (χ1) is 7.38. The zero-order valence-electron chi connectivity index (χ0n) is 10.0. The van der Waals surface area contributed by atoms with Crippen LogP contribution in [-0.2, 0) is 4.74 Å². The second-order valence-electron chi connectivity index (χ2n) is 2.24. The first-order valence-corrected chi connectivity index (χ1v) is 4.07. The SMILES string of the molecule is [2H]C([2H])([2H])c1c(C(=O)OCC)ccnc1Cl. The average Bonchev–Trinajstić information content (AvgIpc) is 2.15. The molecule has 1 heterocycles. The van der Waals surface area contributed by atoms with Gasteiger partial charge in [0.05, 0.1) is 12.2 Å². The van der Waals surface area contributed by atoms with E-state index in [-0.39, 0.29) is 22.9 Å². The molecule has 0 aliphatic heterocycles. The molecule has 0 fully saturated rings. The van der Waals surface area contributed by atoms with E-state index in [9.17, 15) is 4.79 Å². The van der Waals surface area contributed by atoms with Crippen molar-refractivity contribution in [3.05, 3.63) is 28.5 Å². The van der Waals surface area contributed by atoms with E-state index in [2.05, 4.69) is 4.98 Å². The van der Waals surface area contributed by atoms with Crippen molar-refractivity contribution in [2.24, 2.45) is 0 Å². The predicted molar refractivity (Wildman–Crippen MR) is 49.9 cm³/mol. The maximum absolute atomic E-state index is 11.5. The fraction of sp³-hybridized carbons (Fsp3) is 0.333. The highest BCUT2D eigenvalue weighted by atomic mass is 35.5. The minimum absolute atomic E-state index is 0.0677. The third-order valence-corrected chi connectivity index (χ3v) is 1.69. The Hall–Kier alpha value is -1.09. The molecule has 3 nitrogen and oxygen atoms in total. The van der Waals surface area contributed by atoms with Crippen LogP contribution in [0, 0.1) is 6.85 Å². The fourth-order valence-electron chi connectivity index (χ4n) is 0.815. The summed E-state index contributed by atoms with van der Waals surface area (Å²) in [6.45, 7) is -0.692. The molecular weight excluding hydrogens is 190 g/mol. The molecule has 0 saturated carbocycles. The number of halogens is 1. The molecule has 0 radical (unpaired) electrons. The normalized spacial score (nSPS) is 14.2. The number of aromatic nitrogens is 1. The maximum atomic E-state index is 11.5. The fourth-order valence-corrected chi connectivity index (χ4v) is 0.973. The molecule has 70 valence electrons. The summed E-state index contributed by atoms with van der Waals surface area (Å²) in [5, 5.41) is -0.203. The molecule has 0 unspecified atom stereocenters. The molecule has 0 N–H and O–H groups in total. The molecule has 4 heteroatoms. The molecule has 1 aromatic rings. The number of hydrogen-bond acceptors (Lipinski definition) is 3. The maximum Gasteiger partial charge on any atom is 0.338 e. The van der Waals surface area contributed by atoms with Crippen LogP contribution in [0.15, 0.2) is 12.3 Å². The molecule has 0 spiro atoms. The van der Waals surface area contributed by atoms with Gasteiger partial charge in [-0.15, -0.1) is 0 Å². The number of carbonyl (C=O) groups is 1. The average molecular weight is 203 g/mol. The Balaban J connectivity index is 3.29. The molecule has 13 heavy (non-hydrogen) atoms. The molecule has 0 saturated heterocycles. The van der Waals surface area contributed by atoms with E-state index in [0.29, 0.717) is 0 Å². The van der Waals surface area contributed by atoms with E-state index >= 15 is 0 Å². The number of carbonyl (C=O) groups excluding carboxylic acids is 1. The monoisotopic (exact) mass is 202 g/mol. The lowest BCUT2D eigenvalue weighted by molar-refractivity contribution is 0.0525. The quantitative estimate of drug-likeness (QED) is 0.545. The minimum atomic E-state index is -2.49. The Kier molecular flexibility index (Phi) is 2.08. The van der Waals surface area contributed by atoms with Gasteiger partial charge in [0.2, 0.25) is 0 Å². The van der Waals surface area contributed by atoms with E-state index < -0.39 is 12.8 Å². The van der Waals surface area contributed by atoms with Crippen molar-refractivity contribution < 1.29 is 13.6 Å². The van der Waals surface area contributed by atoms with Gasteiger partial charge in [0, 0.05) is 15.9 Å². The summed E-state index contributed by atoms with van der Waals surface area (Å²) in [4.78, 5) is 15.2. The second kappa shape index (κ2) is 4.23. The molecule has 0 aliphatic carbocycles.